The van der Waals surface area contributed by atoms with Crippen LogP contribution in [0.15, 0.2) is 0 Å². The van der Waals surface area contributed by atoms with Gasteiger partial charge in [-0.2, -0.15) is 0 Å². The Labute approximate surface area is 148 Å². The largest absolute Gasteiger partial charge is 0.481 e. The number of aliphatic carboxylic acids is 3. The van der Waals surface area contributed by atoms with E-state index in [1.54, 1.807) is 0 Å². The second-order valence-corrected chi connectivity index (χ2v) is 5.62. The first-order valence-electron chi connectivity index (χ1n) is 7.56. The van der Waals surface area contributed by atoms with Crippen molar-refractivity contribution in [1.29, 1.82) is 0 Å². The maximum Gasteiger partial charge on any atom is 0.308 e. The van der Waals surface area contributed by atoms with Gasteiger partial charge < -0.3 is 41.4 Å². The van der Waals surface area contributed by atoms with Crippen molar-refractivity contribution >= 4 is 23.9 Å². The van der Waals surface area contributed by atoms with E-state index in [1.807, 2.05) is 0 Å². The van der Waals surface area contributed by atoms with E-state index in [1.165, 1.54) is 0 Å². The zero-order valence-corrected chi connectivity index (χ0v) is 14.0. The highest BCUT2D eigenvalue weighted by atomic mass is 16.5. The predicted octanol–water partition coefficient (Wildman–Crippen LogP) is -2.25. The molecule has 0 bridgehead atoms. The minimum atomic E-state index is -2.25. The minimum Gasteiger partial charge on any atom is -0.481 e. The van der Waals surface area contributed by atoms with Crippen LogP contribution in [0.1, 0.15) is 25.7 Å². The van der Waals surface area contributed by atoms with Crippen LogP contribution >= 0.6 is 0 Å². The summed E-state index contributed by atoms with van der Waals surface area (Å²) in [5.74, 6) is -5.56. The number of aliphatic hydroxyl groups is 1. The molecule has 1 atom stereocenters. The molecule has 0 aliphatic rings. The number of aliphatic hydroxyl groups excluding tert-OH is 1. The van der Waals surface area contributed by atoms with Gasteiger partial charge in [0.15, 0.2) is 0 Å². The van der Waals surface area contributed by atoms with Gasteiger partial charge in [-0.25, -0.2) is 0 Å². The Morgan fingerprint density at radius 1 is 0.846 bits per heavy atom. The molecule has 0 spiro atoms. The molecule has 0 fully saturated rings. The quantitative estimate of drug-likeness (QED) is 0.176. The molecule has 0 aliphatic heterocycles. The first kappa shape index (κ1) is 23.7. The van der Waals surface area contributed by atoms with Crippen LogP contribution in [-0.2, 0) is 28.7 Å². The Balaban J connectivity index is 6.11. The number of hydrogen-bond donors (Lipinski definition) is 6. The fraction of sp³-hybridized carbons (Fsp3) is 0.714. The number of hydrogen-bond acceptors (Lipinski definition) is 9. The van der Waals surface area contributed by atoms with Crippen molar-refractivity contribution < 1.29 is 49.1 Å². The maximum absolute atomic E-state index is 12.0. The summed E-state index contributed by atoms with van der Waals surface area (Å²) < 4.78 is 10.1. The molecule has 0 radical (unpaired) electrons. The standard InChI is InChI=1S/C14H24N2O10/c15-1-3-26-14(7-11(22)23,8-12(24)25-4-2-17)13(16,5-9(18)19)6-10(20)21/h17H,1-8,15-16H2,(H,18,19)(H,20,21)(H,22,23). The summed E-state index contributed by atoms with van der Waals surface area (Å²) >= 11 is 0. The van der Waals surface area contributed by atoms with Gasteiger partial charge in [0.05, 0.1) is 44.4 Å². The number of carbonyl (C=O) groups excluding carboxylic acids is 1. The lowest BCUT2D eigenvalue weighted by atomic mass is 9.71. The van der Waals surface area contributed by atoms with E-state index in [2.05, 4.69) is 4.74 Å². The van der Waals surface area contributed by atoms with Crippen LogP contribution in [0.2, 0.25) is 0 Å². The molecule has 26 heavy (non-hydrogen) atoms. The first-order valence-corrected chi connectivity index (χ1v) is 7.56. The molecule has 0 aromatic rings. The fourth-order valence-electron chi connectivity index (χ4n) is 2.53. The van der Waals surface area contributed by atoms with Gasteiger partial charge in [0.25, 0.3) is 0 Å². The maximum atomic E-state index is 12.0. The van der Waals surface area contributed by atoms with Crippen LogP contribution in [-0.4, -0.2) is 81.8 Å². The summed E-state index contributed by atoms with van der Waals surface area (Å²) in [5.41, 5.74) is 6.87. The summed E-state index contributed by atoms with van der Waals surface area (Å²) in [6, 6.07) is 0. The number of carboxylic acid groups (broad SMARTS) is 3. The molecule has 150 valence electrons. The fourth-order valence-corrected chi connectivity index (χ4v) is 2.53. The van der Waals surface area contributed by atoms with E-state index in [0.717, 1.165) is 0 Å². The molecule has 8 N–H and O–H groups in total. The van der Waals surface area contributed by atoms with Crippen molar-refractivity contribution in [2.75, 3.05) is 26.4 Å². The topological polar surface area (TPSA) is 220 Å². The average Bonchev–Trinajstić information content (AvgIpc) is 2.48. The van der Waals surface area contributed by atoms with Gasteiger partial charge in [-0.15, -0.1) is 0 Å². The molecule has 0 saturated heterocycles. The molecule has 12 heteroatoms. The van der Waals surface area contributed by atoms with Crippen molar-refractivity contribution in [2.24, 2.45) is 11.5 Å². The van der Waals surface area contributed by atoms with E-state index in [-0.39, 0.29) is 13.2 Å². The zero-order valence-electron chi connectivity index (χ0n) is 14.0. The number of carboxylic acids is 3. The summed E-state index contributed by atoms with van der Waals surface area (Å²) in [6.45, 7) is -1.32. The molecule has 0 rings (SSSR count). The molecular weight excluding hydrogens is 356 g/mol. The van der Waals surface area contributed by atoms with Crippen LogP contribution in [0.3, 0.4) is 0 Å². The second-order valence-electron chi connectivity index (χ2n) is 5.62. The number of esters is 1. The molecule has 0 aromatic carbocycles. The summed E-state index contributed by atoms with van der Waals surface area (Å²) in [5, 5.41) is 36.1. The summed E-state index contributed by atoms with van der Waals surface area (Å²) in [4.78, 5) is 45.8. The summed E-state index contributed by atoms with van der Waals surface area (Å²) in [6.07, 6.45) is -3.76. The molecule has 0 aliphatic carbocycles. The lowest BCUT2D eigenvalue weighted by molar-refractivity contribution is -0.176. The molecule has 12 nitrogen and oxygen atoms in total. The SMILES string of the molecule is NCCOC(CC(=O)O)(CC(=O)OCCO)C(N)(CC(=O)O)CC(=O)O. The average molecular weight is 380 g/mol. The Bertz CT molecular complexity index is 508. The number of carbonyl (C=O) groups is 4. The van der Waals surface area contributed by atoms with Gasteiger partial charge in [-0.05, 0) is 0 Å². The molecule has 0 saturated carbocycles. The van der Waals surface area contributed by atoms with Crippen molar-refractivity contribution in [3.63, 3.8) is 0 Å². The van der Waals surface area contributed by atoms with E-state index in [9.17, 15) is 24.3 Å². The lowest BCUT2D eigenvalue weighted by Gasteiger charge is -2.45. The highest BCUT2D eigenvalue weighted by Gasteiger charge is 2.55. The van der Waals surface area contributed by atoms with Gasteiger partial charge in [-0.3, -0.25) is 19.2 Å². The van der Waals surface area contributed by atoms with Gasteiger partial charge in [-0.1, -0.05) is 0 Å². The number of nitrogens with two attached hydrogens (primary N) is 2. The Hall–Kier alpha value is -2.28. The Morgan fingerprint density at radius 3 is 1.73 bits per heavy atom. The Kier molecular flexibility index (Phi) is 9.72. The van der Waals surface area contributed by atoms with E-state index in [0.29, 0.717) is 0 Å². The van der Waals surface area contributed by atoms with Crippen molar-refractivity contribution in [2.45, 2.75) is 36.8 Å². The molecule has 1 unspecified atom stereocenters. The van der Waals surface area contributed by atoms with Crippen LogP contribution in [0.5, 0.6) is 0 Å². The highest BCUT2D eigenvalue weighted by molar-refractivity contribution is 5.78. The minimum absolute atomic E-state index is 0.122. The van der Waals surface area contributed by atoms with Gasteiger partial charge in [0.2, 0.25) is 0 Å². The van der Waals surface area contributed by atoms with Crippen LogP contribution in [0.4, 0.5) is 0 Å². The molecule has 0 heterocycles. The smallest absolute Gasteiger partial charge is 0.308 e. The number of rotatable bonds is 14. The van der Waals surface area contributed by atoms with Crippen molar-refractivity contribution in [1.82, 2.24) is 0 Å². The highest BCUT2D eigenvalue weighted by Crippen LogP contribution is 2.37. The second kappa shape index (κ2) is 10.7. The van der Waals surface area contributed by atoms with Crippen LogP contribution in [0.25, 0.3) is 0 Å². The van der Waals surface area contributed by atoms with Crippen molar-refractivity contribution in [3.05, 3.63) is 0 Å². The zero-order chi connectivity index (χ0) is 20.4. The Morgan fingerprint density at radius 2 is 1.35 bits per heavy atom. The first-order chi connectivity index (χ1) is 12.0. The third-order valence-corrected chi connectivity index (χ3v) is 3.56. The van der Waals surface area contributed by atoms with Crippen LogP contribution < -0.4 is 11.5 Å². The molecule has 0 aromatic heterocycles. The van der Waals surface area contributed by atoms with E-state index < -0.39 is 73.9 Å². The molecular formula is C14H24N2O10. The third-order valence-electron chi connectivity index (χ3n) is 3.56. The number of ether oxygens (including phenoxy) is 2. The molecule has 0 amide bonds. The predicted molar refractivity (Wildman–Crippen MR) is 84.1 cm³/mol. The third kappa shape index (κ3) is 7.31. The van der Waals surface area contributed by atoms with E-state index >= 15 is 0 Å². The van der Waals surface area contributed by atoms with Gasteiger partial charge in [0, 0.05) is 6.54 Å². The summed E-state index contributed by atoms with van der Waals surface area (Å²) in [7, 11) is 0. The van der Waals surface area contributed by atoms with E-state index in [4.69, 9.17) is 31.5 Å². The van der Waals surface area contributed by atoms with Gasteiger partial charge >= 0.3 is 23.9 Å². The lowest BCUT2D eigenvalue weighted by Crippen LogP contribution is -2.65. The van der Waals surface area contributed by atoms with Crippen LogP contribution in [0, 0.1) is 0 Å². The normalized spacial score (nSPS) is 13.7. The van der Waals surface area contributed by atoms with Crippen molar-refractivity contribution in [3.8, 4) is 0 Å². The monoisotopic (exact) mass is 380 g/mol. The van der Waals surface area contributed by atoms with Gasteiger partial charge in [0.1, 0.15) is 12.2 Å².